The van der Waals surface area contributed by atoms with E-state index in [-0.39, 0.29) is 0 Å². The minimum atomic E-state index is -0.724. The number of aliphatic carboxylic acids is 1. The number of likely N-dealkylation sites (N-methyl/N-ethyl adjacent to an activating group) is 1. The zero-order valence-electron chi connectivity index (χ0n) is 12.0. The van der Waals surface area contributed by atoms with Crippen molar-refractivity contribution in [3.63, 3.8) is 0 Å². The molecule has 0 aliphatic heterocycles. The smallest absolute Gasteiger partial charge is 0.325 e. The van der Waals surface area contributed by atoms with Gasteiger partial charge in [0.2, 0.25) is 0 Å². The number of nitrogens with zero attached hydrogens (tertiary/aromatic N) is 1. The van der Waals surface area contributed by atoms with Crippen LogP contribution in [0.1, 0.15) is 46.0 Å². The second-order valence-electron chi connectivity index (χ2n) is 5.57. The molecule has 1 rings (SSSR count). The molecule has 1 fully saturated rings. The summed E-state index contributed by atoms with van der Waals surface area (Å²) in [5.74, 6) is -0.368. The van der Waals surface area contributed by atoms with Gasteiger partial charge in [0, 0.05) is 6.54 Å². The number of rotatable bonds is 10. The van der Waals surface area contributed by atoms with E-state index in [2.05, 4.69) is 24.1 Å². The molecule has 0 radical (unpaired) electrons. The third-order valence-electron chi connectivity index (χ3n) is 3.76. The van der Waals surface area contributed by atoms with Crippen molar-refractivity contribution in [2.75, 3.05) is 26.7 Å². The Morgan fingerprint density at radius 1 is 1.39 bits per heavy atom. The molecule has 0 saturated heterocycles. The number of hydrogen-bond acceptors (Lipinski definition) is 3. The van der Waals surface area contributed by atoms with Crippen LogP contribution in [0.25, 0.3) is 0 Å². The number of carboxylic acid groups (broad SMARTS) is 1. The van der Waals surface area contributed by atoms with E-state index in [1.165, 1.54) is 0 Å². The fourth-order valence-corrected chi connectivity index (χ4v) is 2.50. The van der Waals surface area contributed by atoms with Gasteiger partial charge in [-0.15, -0.1) is 0 Å². The molecule has 0 amide bonds. The van der Waals surface area contributed by atoms with E-state index in [1.807, 2.05) is 7.05 Å². The standard InChI is InChI=1S/C14H28N2O2/c1-4-6-10-16(3)11-14(13(17)18,12-7-8-12)15-9-5-2/h12,15H,4-11H2,1-3H3,(H,17,18). The number of carboxylic acids is 1. The van der Waals surface area contributed by atoms with E-state index in [1.54, 1.807) is 0 Å². The molecule has 0 heterocycles. The van der Waals surface area contributed by atoms with Crippen molar-refractivity contribution in [2.45, 2.75) is 51.5 Å². The van der Waals surface area contributed by atoms with Crippen molar-refractivity contribution >= 4 is 5.97 Å². The first-order chi connectivity index (χ1) is 8.56. The van der Waals surface area contributed by atoms with Gasteiger partial charge < -0.3 is 15.3 Å². The molecule has 1 unspecified atom stereocenters. The Bertz CT molecular complexity index is 267. The van der Waals surface area contributed by atoms with Crippen molar-refractivity contribution in [1.82, 2.24) is 10.2 Å². The normalized spacial score (nSPS) is 18.9. The van der Waals surface area contributed by atoms with Crippen LogP contribution in [0.2, 0.25) is 0 Å². The highest BCUT2D eigenvalue weighted by molar-refractivity contribution is 5.80. The monoisotopic (exact) mass is 256 g/mol. The SMILES string of the molecule is CCCCN(C)CC(NCCC)(C(=O)O)C1CC1. The average Bonchev–Trinajstić information content (AvgIpc) is 3.15. The zero-order valence-corrected chi connectivity index (χ0v) is 12.0. The molecule has 0 aromatic rings. The van der Waals surface area contributed by atoms with Gasteiger partial charge in [0.15, 0.2) is 0 Å². The van der Waals surface area contributed by atoms with Crippen molar-refractivity contribution in [3.05, 3.63) is 0 Å². The van der Waals surface area contributed by atoms with Crippen LogP contribution >= 0.6 is 0 Å². The van der Waals surface area contributed by atoms with E-state index in [0.29, 0.717) is 12.5 Å². The lowest BCUT2D eigenvalue weighted by Gasteiger charge is -2.34. The minimum absolute atomic E-state index is 0.311. The average molecular weight is 256 g/mol. The van der Waals surface area contributed by atoms with Gasteiger partial charge in [-0.2, -0.15) is 0 Å². The number of carbonyl (C=O) groups is 1. The largest absolute Gasteiger partial charge is 0.480 e. The molecule has 18 heavy (non-hydrogen) atoms. The molecule has 1 aliphatic carbocycles. The second kappa shape index (κ2) is 7.10. The molecule has 4 heteroatoms. The van der Waals surface area contributed by atoms with Crippen LogP contribution in [0.4, 0.5) is 0 Å². The Morgan fingerprint density at radius 2 is 2.06 bits per heavy atom. The summed E-state index contributed by atoms with van der Waals surface area (Å²) in [5.41, 5.74) is -0.724. The van der Waals surface area contributed by atoms with Crippen LogP contribution in [0, 0.1) is 5.92 Å². The summed E-state index contributed by atoms with van der Waals surface area (Å²) < 4.78 is 0. The predicted molar refractivity (Wildman–Crippen MR) is 73.8 cm³/mol. The maximum Gasteiger partial charge on any atom is 0.325 e. The van der Waals surface area contributed by atoms with E-state index < -0.39 is 11.5 Å². The summed E-state index contributed by atoms with van der Waals surface area (Å²) in [4.78, 5) is 13.9. The highest BCUT2D eigenvalue weighted by Crippen LogP contribution is 2.40. The first-order valence-corrected chi connectivity index (χ1v) is 7.23. The van der Waals surface area contributed by atoms with Crippen LogP contribution in [0.15, 0.2) is 0 Å². The van der Waals surface area contributed by atoms with Gasteiger partial charge >= 0.3 is 5.97 Å². The highest BCUT2D eigenvalue weighted by Gasteiger charge is 2.51. The molecule has 1 aliphatic rings. The molecule has 0 aromatic heterocycles. The molecule has 106 valence electrons. The fraction of sp³-hybridized carbons (Fsp3) is 0.929. The Balaban J connectivity index is 2.65. The summed E-state index contributed by atoms with van der Waals surface area (Å²) in [6.45, 7) is 6.62. The van der Waals surface area contributed by atoms with Gasteiger partial charge in [-0.25, -0.2) is 0 Å². The highest BCUT2D eigenvalue weighted by atomic mass is 16.4. The molecule has 1 atom stereocenters. The van der Waals surface area contributed by atoms with Crippen molar-refractivity contribution in [1.29, 1.82) is 0 Å². The Hall–Kier alpha value is -0.610. The zero-order chi connectivity index (χ0) is 13.6. The molecule has 0 bridgehead atoms. The van der Waals surface area contributed by atoms with Gasteiger partial charge in [0.25, 0.3) is 0 Å². The molecule has 0 spiro atoms. The third-order valence-corrected chi connectivity index (χ3v) is 3.76. The Labute approximate surface area is 111 Å². The lowest BCUT2D eigenvalue weighted by Crippen LogP contribution is -2.60. The summed E-state index contributed by atoms with van der Waals surface area (Å²) in [6.07, 6.45) is 5.34. The first kappa shape index (κ1) is 15.4. The summed E-state index contributed by atoms with van der Waals surface area (Å²) >= 11 is 0. The van der Waals surface area contributed by atoms with Crippen molar-refractivity contribution < 1.29 is 9.90 Å². The maximum absolute atomic E-state index is 11.7. The lowest BCUT2D eigenvalue weighted by atomic mass is 9.92. The Morgan fingerprint density at radius 3 is 2.50 bits per heavy atom. The van der Waals surface area contributed by atoms with Crippen LogP contribution < -0.4 is 5.32 Å². The number of unbranched alkanes of at least 4 members (excludes halogenated alkanes) is 1. The maximum atomic E-state index is 11.7. The summed E-state index contributed by atoms with van der Waals surface area (Å²) in [5, 5.41) is 13.0. The fourth-order valence-electron chi connectivity index (χ4n) is 2.50. The quantitative estimate of drug-likeness (QED) is 0.627. The van der Waals surface area contributed by atoms with Crippen LogP contribution in [0.3, 0.4) is 0 Å². The topological polar surface area (TPSA) is 52.6 Å². The molecule has 1 saturated carbocycles. The number of nitrogens with one attached hydrogen (secondary N) is 1. The van der Waals surface area contributed by atoms with Gasteiger partial charge in [0.05, 0.1) is 0 Å². The molecular weight excluding hydrogens is 228 g/mol. The van der Waals surface area contributed by atoms with E-state index >= 15 is 0 Å². The third kappa shape index (κ3) is 3.95. The van der Waals surface area contributed by atoms with Crippen LogP contribution in [-0.4, -0.2) is 48.2 Å². The van der Waals surface area contributed by atoms with E-state index in [9.17, 15) is 9.90 Å². The first-order valence-electron chi connectivity index (χ1n) is 7.23. The summed E-state index contributed by atoms with van der Waals surface area (Å²) in [6, 6.07) is 0. The molecule has 4 nitrogen and oxygen atoms in total. The van der Waals surface area contributed by atoms with E-state index in [4.69, 9.17) is 0 Å². The lowest BCUT2D eigenvalue weighted by molar-refractivity contribution is -0.146. The molecular formula is C14H28N2O2. The van der Waals surface area contributed by atoms with Crippen LogP contribution in [0.5, 0.6) is 0 Å². The van der Waals surface area contributed by atoms with Crippen LogP contribution in [-0.2, 0) is 4.79 Å². The molecule has 2 N–H and O–H groups in total. The van der Waals surface area contributed by atoms with Gasteiger partial charge in [-0.1, -0.05) is 20.3 Å². The Kier molecular flexibility index (Phi) is 6.09. The van der Waals surface area contributed by atoms with Gasteiger partial charge in [-0.05, 0) is 51.7 Å². The van der Waals surface area contributed by atoms with Crippen molar-refractivity contribution in [3.8, 4) is 0 Å². The summed E-state index contributed by atoms with van der Waals surface area (Å²) in [7, 11) is 2.03. The predicted octanol–water partition coefficient (Wildman–Crippen LogP) is 1.95. The molecule has 0 aromatic carbocycles. The van der Waals surface area contributed by atoms with E-state index in [0.717, 1.165) is 45.2 Å². The van der Waals surface area contributed by atoms with Gasteiger partial charge in [-0.3, -0.25) is 4.79 Å². The number of hydrogen-bond donors (Lipinski definition) is 2. The minimum Gasteiger partial charge on any atom is -0.480 e. The van der Waals surface area contributed by atoms with Crippen molar-refractivity contribution in [2.24, 2.45) is 5.92 Å². The second-order valence-corrected chi connectivity index (χ2v) is 5.57. The van der Waals surface area contributed by atoms with Gasteiger partial charge in [0.1, 0.15) is 5.54 Å².